The van der Waals surface area contributed by atoms with E-state index in [1.165, 1.54) is 0 Å². The fourth-order valence-corrected chi connectivity index (χ4v) is 2.31. The molecule has 1 heterocycles. The Kier molecular flexibility index (Phi) is 4.60. The summed E-state index contributed by atoms with van der Waals surface area (Å²) in [6.07, 6.45) is 1.64. The first-order chi connectivity index (χ1) is 11.1. The zero-order chi connectivity index (χ0) is 16.2. The van der Waals surface area contributed by atoms with E-state index in [2.05, 4.69) is 15.5 Å². The van der Waals surface area contributed by atoms with Gasteiger partial charge < -0.3 is 10.1 Å². The molecule has 0 saturated heterocycles. The number of hydrogen-bond acceptors (Lipinski definition) is 4. The summed E-state index contributed by atoms with van der Waals surface area (Å²) >= 11 is 11.7. The van der Waals surface area contributed by atoms with Crippen LogP contribution in [0.2, 0.25) is 10.0 Å². The van der Waals surface area contributed by atoms with Gasteiger partial charge in [0, 0.05) is 16.5 Å². The Balaban J connectivity index is 1.67. The molecular weight excluding hydrogens is 337 g/mol. The minimum absolute atomic E-state index is 0.192. The molecule has 0 radical (unpaired) electrons. The third kappa shape index (κ3) is 3.70. The molecule has 0 spiro atoms. The van der Waals surface area contributed by atoms with Gasteiger partial charge in [-0.15, -0.1) is 5.10 Å². The summed E-state index contributed by atoms with van der Waals surface area (Å²) in [6, 6.07) is 12.3. The van der Waals surface area contributed by atoms with Crippen LogP contribution in [0, 0.1) is 0 Å². The van der Waals surface area contributed by atoms with E-state index in [1.54, 1.807) is 24.4 Å². The second-order valence-corrected chi connectivity index (χ2v) is 5.52. The van der Waals surface area contributed by atoms with Crippen molar-refractivity contribution in [2.24, 2.45) is 0 Å². The molecule has 5 nitrogen and oxygen atoms in total. The number of hydrogen-bond donors (Lipinski definition) is 1. The summed E-state index contributed by atoms with van der Waals surface area (Å²) in [4.78, 5) is 12.0. The van der Waals surface area contributed by atoms with Crippen LogP contribution in [-0.4, -0.2) is 22.7 Å². The Bertz CT molecular complexity index is 866. The number of carbonyl (C=O) groups is 1. The molecule has 0 saturated carbocycles. The highest BCUT2D eigenvalue weighted by molar-refractivity contribution is 6.42. The zero-order valence-corrected chi connectivity index (χ0v) is 13.3. The molecule has 0 aliphatic heterocycles. The van der Waals surface area contributed by atoms with Crippen molar-refractivity contribution in [2.75, 3.05) is 11.9 Å². The number of nitrogens with zero attached hydrogens (tertiary/aromatic N) is 2. The number of nitrogens with one attached hydrogen (secondary N) is 1. The van der Waals surface area contributed by atoms with Crippen molar-refractivity contribution in [1.82, 2.24) is 10.2 Å². The molecule has 7 heteroatoms. The average molecular weight is 348 g/mol. The molecule has 116 valence electrons. The van der Waals surface area contributed by atoms with Crippen LogP contribution < -0.4 is 10.1 Å². The number of ether oxygens (including phenoxy) is 1. The Morgan fingerprint density at radius 3 is 2.78 bits per heavy atom. The summed E-state index contributed by atoms with van der Waals surface area (Å²) in [5.41, 5.74) is 0.539. The molecule has 0 unspecified atom stereocenters. The normalized spacial score (nSPS) is 10.5. The van der Waals surface area contributed by atoms with Gasteiger partial charge in [-0.25, -0.2) is 0 Å². The molecule has 1 N–H and O–H groups in total. The van der Waals surface area contributed by atoms with Crippen LogP contribution in [0.1, 0.15) is 0 Å². The molecule has 1 aromatic heterocycles. The summed E-state index contributed by atoms with van der Waals surface area (Å²) in [6.45, 7) is -0.192. The second-order valence-electron chi connectivity index (χ2n) is 4.70. The summed E-state index contributed by atoms with van der Waals surface area (Å²) in [5.74, 6) is -0.0227. The largest absolute Gasteiger partial charge is 0.466 e. The van der Waals surface area contributed by atoms with Crippen molar-refractivity contribution in [2.45, 2.75) is 0 Å². The van der Waals surface area contributed by atoms with Gasteiger partial charge in [0.25, 0.3) is 5.91 Å². The zero-order valence-electron chi connectivity index (χ0n) is 11.8. The van der Waals surface area contributed by atoms with Crippen molar-refractivity contribution in [1.29, 1.82) is 0 Å². The van der Waals surface area contributed by atoms with Gasteiger partial charge in [-0.3, -0.25) is 4.79 Å². The fraction of sp³-hybridized carbons (Fsp3) is 0.0625. The highest BCUT2D eigenvalue weighted by atomic mass is 35.5. The van der Waals surface area contributed by atoms with Gasteiger partial charge in [-0.2, -0.15) is 5.10 Å². The maximum absolute atomic E-state index is 12.0. The van der Waals surface area contributed by atoms with Gasteiger partial charge in [-0.1, -0.05) is 41.4 Å². The average Bonchev–Trinajstić information content (AvgIpc) is 2.56. The van der Waals surface area contributed by atoms with E-state index in [0.717, 1.165) is 10.8 Å². The highest BCUT2D eigenvalue weighted by Gasteiger charge is 2.09. The number of benzene rings is 2. The van der Waals surface area contributed by atoms with E-state index in [-0.39, 0.29) is 12.5 Å². The van der Waals surface area contributed by atoms with Gasteiger partial charge in [0.05, 0.1) is 16.2 Å². The van der Waals surface area contributed by atoms with Crippen LogP contribution in [0.5, 0.6) is 5.88 Å². The van der Waals surface area contributed by atoms with E-state index in [1.807, 2.05) is 24.3 Å². The molecule has 0 aliphatic carbocycles. The lowest BCUT2D eigenvalue weighted by Gasteiger charge is -2.08. The first-order valence-electron chi connectivity index (χ1n) is 6.71. The van der Waals surface area contributed by atoms with Gasteiger partial charge >= 0.3 is 0 Å². The number of aromatic nitrogens is 2. The SMILES string of the molecule is O=C(COc1nncc2ccccc12)Nc1ccc(Cl)c(Cl)c1. The lowest BCUT2D eigenvalue weighted by molar-refractivity contribution is -0.118. The molecule has 2 aromatic carbocycles. The number of halogens is 2. The van der Waals surface area contributed by atoms with Crippen LogP contribution in [0.4, 0.5) is 5.69 Å². The van der Waals surface area contributed by atoms with Crippen molar-refractivity contribution >= 4 is 45.6 Å². The van der Waals surface area contributed by atoms with Crippen molar-refractivity contribution in [3.8, 4) is 5.88 Å². The van der Waals surface area contributed by atoms with Crippen molar-refractivity contribution < 1.29 is 9.53 Å². The van der Waals surface area contributed by atoms with E-state index < -0.39 is 0 Å². The van der Waals surface area contributed by atoms with E-state index in [0.29, 0.717) is 21.6 Å². The van der Waals surface area contributed by atoms with Gasteiger partial charge in [0.2, 0.25) is 5.88 Å². The molecule has 0 atom stereocenters. The van der Waals surface area contributed by atoms with E-state index >= 15 is 0 Å². The Labute approximate surface area is 142 Å². The number of fused-ring (bicyclic) bond motifs is 1. The Hall–Kier alpha value is -2.37. The maximum atomic E-state index is 12.0. The van der Waals surface area contributed by atoms with E-state index in [4.69, 9.17) is 27.9 Å². The predicted octanol–water partition coefficient (Wildman–Crippen LogP) is 3.95. The van der Waals surface area contributed by atoms with E-state index in [9.17, 15) is 4.79 Å². The van der Waals surface area contributed by atoms with Gasteiger partial charge in [0.1, 0.15) is 0 Å². The van der Waals surface area contributed by atoms with Crippen molar-refractivity contribution in [3.05, 3.63) is 58.7 Å². The van der Waals surface area contributed by atoms with Crippen LogP contribution in [0.3, 0.4) is 0 Å². The lowest BCUT2D eigenvalue weighted by atomic mass is 10.2. The van der Waals surface area contributed by atoms with Crippen LogP contribution >= 0.6 is 23.2 Å². The third-order valence-corrected chi connectivity index (χ3v) is 3.82. The topological polar surface area (TPSA) is 64.1 Å². The lowest BCUT2D eigenvalue weighted by Crippen LogP contribution is -2.20. The minimum Gasteiger partial charge on any atom is -0.466 e. The monoisotopic (exact) mass is 347 g/mol. The highest BCUT2D eigenvalue weighted by Crippen LogP contribution is 2.25. The first-order valence-corrected chi connectivity index (χ1v) is 7.47. The fourth-order valence-electron chi connectivity index (χ4n) is 2.01. The molecule has 23 heavy (non-hydrogen) atoms. The standard InChI is InChI=1S/C16H11Cl2N3O2/c17-13-6-5-11(7-14(13)18)20-15(22)9-23-16-12-4-2-1-3-10(12)8-19-21-16/h1-8H,9H2,(H,20,22). The molecule has 1 amide bonds. The van der Waals surface area contributed by atoms with Crippen LogP contribution in [0.25, 0.3) is 10.8 Å². The molecule has 0 aliphatic rings. The number of anilines is 1. The Morgan fingerprint density at radius 1 is 1.13 bits per heavy atom. The second kappa shape index (κ2) is 6.81. The molecule has 0 bridgehead atoms. The van der Waals surface area contributed by atoms with Crippen molar-refractivity contribution in [3.63, 3.8) is 0 Å². The smallest absolute Gasteiger partial charge is 0.262 e. The maximum Gasteiger partial charge on any atom is 0.262 e. The molecular formula is C16H11Cl2N3O2. The number of amides is 1. The Morgan fingerprint density at radius 2 is 1.96 bits per heavy atom. The number of rotatable bonds is 4. The van der Waals surface area contributed by atoms with Gasteiger partial charge in [-0.05, 0) is 24.3 Å². The first kappa shape index (κ1) is 15.5. The third-order valence-electron chi connectivity index (χ3n) is 3.08. The number of carbonyl (C=O) groups excluding carboxylic acids is 1. The molecule has 3 rings (SSSR count). The van der Waals surface area contributed by atoms with Gasteiger partial charge in [0.15, 0.2) is 6.61 Å². The quantitative estimate of drug-likeness (QED) is 0.775. The molecule has 0 fully saturated rings. The summed E-state index contributed by atoms with van der Waals surface area (Å²) in [5, 5.41) is 12.9. The predicted molar refractivity (Wildman–Crippen MR) is 90.1 cm³/mol. The summed E-state index contributed by atoms with van der Waals surface area (Å²) < 4.78 is 5.46. The van der Waals surface area contributed by atoms with Crippen LogP contribution in [0.15, 0.2) is 48.7 Å². The van der Waals surface area contributed by atoms with Crippen LogP contribution in [-0.2, 0) is 4.79 Å². The minimum atomic E-state index is -0.335. The summed E-state index contributed by atoms with van der Waals surface area (Å²) in [7, 11) is 0. The molecule has 3 aromatic rings.